The second kappa shape index (κ2) is 8.16. The maximum Gasteiger partial charge on any atom is 0.339 e. The minimum atomic E-state index is -0.497. The fourth-order valence-corrected chi connectivity index (χ4v) is 3.22. The fraction of sp³-hybridized carbons (Fsp3) is 0.263. The molecule has 6 heteroatoms. The van der Waals surface area contributed by atoms with E-state index in [9.17, 15) is 9.59 Å². The highest BCUT2D eigenvalue weighted by atomic mass is 79.9. The summed E-state index contributed by atoms with van der Waals surface area (Å²) in [6, 6.07) is 17.1. The standard InChI is InChI=1S/C19H19BrN2O3/c20-17-9-5-4-8-16(17)19(24)25-14-18(23)22-12-10-21(11-13-22)15-6-2-1-3-7-15/h1-9H,10-14H2. The average molecular weight is 403 g/mol. The van der Waals surface area contributed by atoms with Crippen molar-refractivity contribution in [1.82, 2.24) is 4.90 Å². The Morgan fingerprint density at radius 2 is 1.56 bits per heavy atom. The number of carbonyl (C=O) groups excluding carboxylic acids is 2. The van der Waals surface area contributed by atoms with E-state index in [4.69, 9.17) is 4.74 Å². The van der Waals surface area contributed by atoms with Crippen LogP contribution in [0.15, 0.2) is 59.1 Å². The molecule has 2 aromatic carbocycles. The minimum absolute atomic E-state index is 0.159. The summed E-state index contributed by atoms with van der Waals surface area (Å²) in [5.41, 5.74) is 1.58. The van der Waals surface area contributed by atoms with Gasteiger partial charge < -0.3 is 14.5 Å². The van der Waals surface area contributed by atoms with E-state index >= 15 is 0 Å². The summed E-state index contributed by atoms with van der Waals surface area (Å²) in [4.78, 5) is 28.3. The van der Waals surface area contributed by atoms with Gasteiger partial charge in [0.25, 0.3) is 5.91 Å². The third-order valence-corrected chi connectivity index (χ3v) is 4.87. The number of ether oxygens (including phenoxy) is 1. The van der Waals surface area contributed by atoms with Crippen molar-refractivity contribution in [2.75, 3.05) is 37.7 Å². The molecule has 1 saturated heterocycles. The highest BCUT2D eigenvalue weighted by molar-refractivity contribution is 9.10. The Balaban J connectivity index is 1.48. The number of nitrogens with zero attached hydrogens (tertiary/aromatic N) is 2. The molecule has 2 aromatic rings. The van der Waals surface area contributed by atoms with Crippen LogP contribution in [0.25, 0.3) is 0 Å². The van der Waals surface area contributed by atoms with Crippen LogP contribution in [0.5, 0.6) is 0 Å². The molecule has 0 aliphatic carbocycles. The van der Waals surface area contributed by atoms with Crippen LogP contribution in [0, 0.1) is 0 Å². The third-order valence-electron chi connectivity index (χ3n) is 4.17. The summed E-state index contributed by atoms with van der Waals surface area (Å²) in [7, 11) is 0. The van der Waals surface area contributed by atoms with E-state index in [0.717, 1.165) is 18.8 Å². The summed E-state index contributed by atoms with van der Waals surface area (Å²) in [5.74, 6) is -0.656. The number of amides is 1. The van der Waals surface area contributed by atoms with Gasteiger partial charge >= 0.3 is 5.97 Å². The first-order valence-corrected chi connectivity index (χ1v) is 8.94. The maximum absolute atomic E-state index is 12.3. The van der Waals surface area contributed by atoms with Gasteiger partial charge in [0, 0.05) is 36.3 Å². The molecule has 0 N–H and O–H groups in total. The fourth-order valence-electron chi connectivity index (χ4n) is 2.78. The zero-order valence-electron chi connectivity index (χ0n) is 13.7. The first kappa shape index (κ1) is 17.5. The smallest absolute Gasteiger partial charge is 0.339 e. The Morgan fingerprint density at radius 1 is 0.920 bits per heavy atom. The maximum atomic E-state index is 12.3. The summed E-state index contributed by atoms with van der Waals surface area (Å²) in [6.07, 6.45) is 0. The number of rotatable bonds is 4. The molecule has 0 bridgehead atoms. The van der Waals surface area contributed by atoms with Gasteiger partial charge in [-0.3, -0.25) is 4.79 Å². The molecule has 0 unspecified atom stereocenters. The van der Waals surface area contributed by atoms with Crippen LogP contribution in [0.3, 0.4) is 0 Å². The molecule has 0 aromatic heterocycles. The highest BCUT2D eigenvalue weighted by Gasteiger charge is 2.22. The van der Waals surface area contributed by atoms with E-state index in [0.29, 0.717) is 23.1 Å². The summed E-state index contributed by atoms with van der Waals surface area (Å²) in [6.45, 7) is 2.56. The van der Waals surface area contributed by atoms with Crippen LogP contribution in [0.4, 0.5) is 5.69 Å². The molecule has 1 fully saturated rings. The van der Waals surface area contributed by atoms with Gasteiger partial charge in [0.05, 0.1) is 5.56 Å². The van der Waals surface area contributed by atoms with Crippen LogP contribution in [0.2, 0.25) is 0 Å². The molecule has 1 amide bonds. The van der Waals surface area contributed by atoms with Gasteiger partial charge in [-0.15, -0.1) is 0 Å². The number of para-hydroxylation sites is 1. The summed E-state index contributed by atoms with van der Waals surface area (Å²) in [5, 5.41) is 0. The molecule has 0 atom stereocenters. The van der Waals surface area contributed by atoms with Crippen molar-refractivity contribution in [3.05, 3.63) is 64.6 Å². The molecule has 130 valence electrons. The quantitative estimate of drug-likeness (QED) is 0.737. The Hall–Kier alpha value is -2.34. The zero-order chi connectivity index (χ0) is 17.6. The van der Waals surface area contributed by atoms with Crippen molar-refractivity contribution in [3.63, 3.8) is 0 Å². The average Bonchev–Trinajstić information content (AvgIpc) is 2.67. The van der Waals surface area contributed by atoms with Gasteiger partial charge in [-0.25, -0.2) is 4.79 Å². The predicted molar refractivity (Wildman–Crippen MR) is 99.7 cm³/mol. The summed E-state index contributed by atoms with van der Waals surface area (Å²) >= 11 is 3.31. The first-order chi connectivity index (χ1) is 12.1. The topological polar surface area (TPSA) is 49.9 Å². The van der Waals surface area contributed by atoms with Crippen molar-refractivity contribution in [1.29, 1.82) is 0 Å². The van der Waals surface area contributed by atoms with Gasteiger partial charge in [-0.1, -0.05) is 30.3 Å². The van der Waals surface area contributed by atoms with Gasteiger partial charge in [0.1, 0.15) is 0 Å². The first-order valence-electron chi connectivity index (χ1n) is 8.14. The molecular weight excluding hydrogens is 384 g/mol. The molecule has 1 heterocycles. The van der Waals surface area contributed by atoms with Gasteiger partial charge in [0.2, 0.25) is 0 Å². The van der Waals surface area contributed by atoms with Crippen LogP contribution < -0.4 is 4.90 Å². The molecule has 25 heavy (non-hydrogen) atoms. The predicted octanol–water partition coefficient (Wildman–Crippen LogP) is 2.95. The molecule has 1 aliphatic heterocycles. The Morgan fingerprint density at radius 3 is 2.24 bits per heavy atom. The number of halogens is 1. The Bertz CT molecular complexity index is 743. The lowest BCUT2D eigenvalue weighted by Crippen LogP contribution is -2.49. The van der Waals surface area contributed by atoms with Crippen molar-refractivity contribution in [3.8, 4) is 0 Å². The van der Waals surface area contributed by atoms with E-state index in [1.165, 1.54) is 0 Å². The lowest BCUT2D eigenvalue weighted by atomic mass is 10.2. The number of hydrogen-bond acceptors (Lipinski definition) is 4. The minimum Gasteiger partial charge on any atom is -0.452 e. The second-order valence-electron chi connectivity index (χ2n) is 5.76. The molecule has 1 aliphatic rings. The third kappa shape index (κ3) is 4.39. The number of carbonyl (C=O) groups is 2. The lowest BCUT2D eigenvalue weighted by molar-refractivity contribution is -0.134. The van der Waals surface area contributed by atoms with Crippen LogP contribution in [-0.4, -0.2) is 49.6 Å². The van der Waals surface area contributed by atoms with E-state index in [1.807, 2.05) is 24.3 Å². The van der Waals surface area contributed by atoms with Crippen molar-refractivity contribution >= 4 is 33.5 Å². The van der Waals surface area contributed by atoms with E-state index in [1.54, 1.807) is 23.1 Å². The number of anilines is 1. The molecule has 0 saturated carbocycles. The lowest BCUT2D eigenvalue weighted by Gasteiger charge is -2.36. The van der Waals surface area contributed by atoms with E-state index < -0.39 is 5.97 Å². The zero-order valence-corrected chi connectivity index (χ0v) is 15.3. The second-order valence-corrected chi connectivity index (χ2v) is 6.61. The van der Waals surface area contributed by atoms with Crippen LogP contribution in [-0.2, 0) is 9.53 Å². The van der Waals surface area contributed by atoms with Crippen molar-refractivity contribution < 1.29 is 14.3 Å². The SMILES string of the molecule is O=C(OCC(=O)N1CCN(c2ccccc2)CC1)c1ccccc1Br. The number of benzene rings is 2. The largest absolute Gasteiger partial charge is 0.452 e. The van der Waals surface area contributed by atoms with Gasteiger partial charge in [-0.05, 0) is 40.2 Å². The van der Waals surface area contributed by atoms with Crippen LogP contribution >= 0.6 is 15.9 Å². The van der Waals surface area contributed by atoms with Crippen LogP contribution in [0.1, 0.15) is 10.4 Å². The molecule has 0 radical (unpaired) electrons. The number of piperazine rings is 1. The van der Waals surface area contributed by atoms with Crippen molar-refractivity contribution in [2.24, 2.45) is 0 Å². The Labute approximate surface area is 155 Å². The molecule has 0 spiro atoms. The van der Waals surface area contributed by atoms with Crippen molar-refractivity contribution in [2.45, 2.75) is 0 Å². The summed E-state index contributed by atoms with van der Waals surface area (Å²) < 4.78 is 5.82. The monoisotopic (exact) mass is 402 g/mol. The molecular formula is C19H19BrN2O3. The number of esters is 1. The number of hydrogen-bond donors (Lipinski definition) is 0. The highest BCUT2D eigenvalue weighted by Crippen LogP contribution is 2.17. The van der Waals surface area contributed by atoms with E-state index in [-0.39, 0.29) is 12.5 Å². The van der Waals surface area contributed by atoms with E-state index in [2.05, 4.69) is 33.0 Å². The normalized spacial score (nSPS) is 14.3. The van der Waals surface area contributed by atoms with Gasteiger partial charge in [-0.2, -0.15) is 0 Å². The van der Waals surface area contributed by atoms with Gasteiger partial charge in [0.15, 0.2) is 6.61 Å². The molecule has 5 nitrogen and oxygen atoms in total. The molecule has 3 rings (SSSR count). The Kier molecular flexibility index (Phi) is 5.71.